The molecule has 1 aliphatic rings. The van der Waals surface area contributed by atoms with Gasteiger partial charge in [0.25, 0.3) is 0 Å². The molecule has 1 heterocycles. The lowest BCUT2D eigenvalue weighted by molar-refractivity contribution is -0.123. The third kappa shape index (κ3) is 4.32. The molecule has 0 aliphatic heterocycles. The summed E-state index contributed by atoms with van der Waals surface area (Å²) in [6, 6.07) is 2.11. The second-order valence-electron chi connectivity index (χ2n) is 5.67. The molecule has 2 rings (SSSR count). The molecule has 0 atom stereocenters. The van der Waals surface area contributed by atoms with Crippen molar-refractivity contribution in [2.45, 2.75) is 44.9 Å². The van der Waals surface area contributed by atoms with Gasteiger partial charge in [0.2, 0.25) is 5.91 Å². The fourth-order valence-corrected chi connectivity index (χ4v) is 3.64. The van der Waals surface area contributed by atoms with Crippen LogP contribution in [0.5, 0.6) is 0 Å². The van der Waals surface area contributed by atoms with E-state index in [0.29, 0.717) is 13.0 Å². The van der Waals surface area contributed by atoms with Crippen LogP contribution in [0.3, 0.4) is 0 Å². The highest BCUT2D eigenvalue weighted by atomic mass is 32.1. The summed E-state index contributed by atoms with van der Waals surface area (Å²) >= 11 is 1.70. The summed E-state index contributed by atoms with van der Waals surface area (Å²) in [6.07, 6.45) is 7.49. The van der Waals surface area contributed by atoms with Crippen molar-refractivity contribution < 1.29 is 4.79 Å². The number of carbonyl (C=O) groups excluding carboxylic acids is 1. The van der Waals surface area contributed by atoms with E-state index in [-0.39, 0.29) is 11.3 Å². The van der Waals surface area contributed by atoms with E-state index in [0.717, 1.165) is 25.8 Å². The molecule has 1 aliphatic carbocycles. The van der Waals surface area contributed by atoms with E-state index in [1.54, 1.807) is 11.3 Å². The monoisotopic (exact) mass is 280 g/mol. The topological polar surface area (TPSA) is 55.1 Å². The molecule has 0 unspecified atom stereocenters. The summed E-state index contributed by atoms with van der Waals surface area (Å²) in [5.74, 6) is 0.169. The van der Waals surface area contributed by atoms with Crippen LogP contribution in [0.15, 0.2) is 16.8 Å². The van der Waals surface area contributed by atoms with Gasteiger partial charge in [0, 0.05) is 13.0 Å². The number of carbonyl (C=O) groups is 1. The molecule has 0 aromatic carbocycles. The molecule has 3 nitrogen and oxygen atoms in total. The minimum Gasteiger partial charge on any atom is -0.356 e. The first kappa shape index (κ1) is 14.5. The van der Waals surface area contributed by atoms with Crippen molar-refractivity contribution in [2.24, 2.45) is 11.1 Å². The normalized spacial score (nSPS) is 18.2. The molecule has 4 heteroatoms. The first-order valence-corrected chi connectivity index (χ1v) is 8.16. The zero-order valence-corrected chi connectivity index (χ0v) is 12.3. The van der Waals surface area contributed by atoms with Crippen LogP contribution in [0.2, 0.25) is 0 Å². The van der Waals surface area contributed by atoms with Crippen LogP contribution < -0.4 is 11.1 Å². The van der Waals surface area contributed by atoms with Crippen LogP contribution in [-0.4, -0.2) is 19.0 Å². The number of amides is 1. The third-order valence-electron chi connectivity index (χ3n) is 4.20. The van der Waals surface area contributed by atoms with Gasteiger partial charge in [-0.05, 0) is 53.6 Å². The van der Waals surface area contributed by atoms with Gasteiger partial charge in [-0.2, -0.15) is 11.3 Å². The Balaban J connectivity index is 1.73. The van der Waals surface area contributed by atoms with Crippen molar-refractivity contribution in [3.8, 4) is 0 Å². The zero-order chi connectivity index (χ0) is 13.6. The Hall–Kier alpha value is -0.870. The smallest absolute Gasteiger partial charge is 0.220 e. The van der Waals surface area contributed by atoms with Gasteiger partial charge >= 0.3 is 0 Å². The van der Waals surface area contributed by atoms with Gasteiger partial charge in [0.05, 0.1) is 0 Å². The van der Waals surface area contributed by atoms with Gasteiger partial charge in [0.1, 0.15) is 0 Å². The van der Waals surface area contributed by atoms with Crippen LogP contribution in [0, 0.1) is 5.41 Å². The van der Waals surface area contributed by atoms with E-state index in [1.807, 2.05) is 0 Å². The number of thiophene rings is 1. The summed E-state index contributed by atoms with van der Waals surface area (Å²) < 4.78 is 0. The molecule has 1 aromatic heterocycles. The maximum atomic E-state index is 12.0. The molecule has 106 valence electrons. The lowest BCUT2D eigenvalue weighted by Crippen LogP contribution is -2.39. The van der Waals surface area contributed by atoms with Gasteiger partial charge < -0.3 is 11.1 Å². The Labute approximate surface area is 119 Å². The highest BCUT2D eigenvalue weighted by Crippen LogP contribution is 2.38. The zero-order valence-electron chi connectivity index (χ0n) is 11.5. The van der Waals surface area contributed by atoms with Gasteiger partial charge in [-0.15, -0.1) is 0 Å². The summed E-state index contributed by atoms with van der Waals surface area (Å²) in [7, 11) is 0. The van der Waals surface area contributed by atoms with Crippen LogP contribution in [-0.2, 0) is 11.2 Å². The lowest BCUT2D eigenvalue weighted by Gasteiger charge is -2.35. The maximum Gasteiger partial charge on any atom is 0.220 e. The van der Waals surface area contributed by atoms with Gasteiger partial charge in [-0.25, -0.2) is 0 Å². The van der Waals surface area contributed by atoms with E-state index in [9.17, 15) is 4.79 Å². The Morgan fingerprint density at radius 2 is 2.16 bits per heavy atom. The molecule has 19 heavy (non-hydrogen) atoms. The van der Waals surface area contributed by atoms with E-state index >= 15 is 0 Å². The molecule has 0 radical (unpaired) electrons. The maximum absolute atomic E-state index is 12.0. The van der Waals surface area contributed by atoms with Gasteiger partial charge in [0.15, 0.2) is 0 Å². The van der Waals surface area contributed by atoms with Crippen molar-refractivity contribution in [1.82, 2.24) is 5.32 Å². The molecule has 1 saturated carbocycles. The quantitative estimate of drug-likeness (QED) is 0.842. The predicted octanol–water partition coefficient (Wildman–Crippen LogP) is 2.71. The molecular formula is C15H24N2OS. The minimum absolute atomic E-state index is 0.0741. The van der Waals surface area contributed by atoms with Crippen molar-refractivity contribution >= 4 is 17.2 Å². The summed E-state index contributed by atoms with van der Waals surface area (Å²) in [5, 5.41) is 7.24. The van der Waals surface area contributed by atoms with Crippen molar-refractivity contribution in [3.05, 3.63) is 22.4 Å². The predicted molar refractivity (Wildman–Crippen MR) is 80.2 cm³/mol. The highest BCUT2D eigenvalue weighted by molar-refractivity contribution is 7.07. The number of hydrogen-bond donors (Lipinski definition) is 2. The van der Waals surface area contributed by atoms with E-state index in [2.05, 4.69) is 22.1 Å². The van der Waals surface area contributed by atoms with Crippen LogP contribution in [0.4, 0.5) is 0 Å². The second-order valence-corrected chi connectivity index (χ2v) is 6.45. The molecule has 1 amide bonds. The molecule has 1 fully saturated rings. The van der Waals surface area contributed by atoms with Crippen molar-refractivity contribution in [1.29, 1.82) is 0 Å². The van der Waals surface area contributed by atoms with Gasteiger partial charge in [-0.1, -0.05) is 19.3 Å². The fourth-order valence-electron chi connectivity index (χ4n) is 2.94. The lowest BCUT2D eigenvalue weighted by atomic mass is 9.71. The van der Waals surface area contributed by atoms with Gasteiger partial charge in [-0.3, -0.25) is 4.79 Å². The Morgan fingerprint density at radius 3 is 2.79 bits per heavy atom. The summed E-state index contributed by atoms with van der Waals surface area (Å²) in [6.45, 7) is 1.38. The van der Waals surface area contributed by atoms with E-state index < -0.39 is 0 Å². The molecule has 0 spiro atoms. The number of rotatable bonds is 6. The first-order valence-electron chi connectivity index (χ1n) is 7.22. The Bertz CT molecular complexity index is 383. The molecule has 3 N–H and O–H groups in total. The van der Waals surface area contributed by atoms with Crippen molar-refractivity contribution in [3.63, 3.8) is 0 Å². The van der Waals surface area contributed by atoms with Crippen LogP contribution in [0.25, 0.3) is 0 Å². The Kier molecular flexibility index (Phi) is 5.40. The minimum atomic E-state index is 0.0741. The van der Waals surface area contributed by atoms with E-state index in [1.165, 1.54) is 24.8 Å². The molecule has 1 aromatic rings. The average molecular weight is 280 g/mol. The molecule has 0 bridgehead atoms. The molecular weight excluding hydrogens is 256 g/mol. The SMILES string of the molecule is NCC1(CC(=O)NCCc2ccsc2)CCCCC1. The van der Waals surface area contributed by atoms with E-state index in [4.69, 9.17) is 5.73 Å². The number of hydrogen-bond acceptors (Lipinski definition) is 3. The standard InChI is InChI=1S/C15H24N2OS/c16-12-15(6-2-1-3-7-15)10-14(18)17-8-4-13-5-9-19-11-13/h5,9,11H,1-4,6-8,10,12,16H2,(H,17,18). The van der Waals surface area contributed by atoms with Crippen molar-refractivity contribution in [2.75, 3.05) is 13.1 Å². The Morgan fingerprint density at radius 1 is 1.37 bits per heavy atom. The van der Waals surface area contributed by atoms with Crippen LogP contribution >= 0.6 is 11.3 Å². The first-order chi connectivity index (χ1) is 9.24. The largest absolute Gasteiger partial charge is 0.356 e. The molecule has 0 saturated heterocycles. The number of nitrogens with two attached hydrogens (primary N) is 1. The average Bonchev–Trinajstić information content (AvgIpc) is 2.93. The highest BCUT2D eigenvalue weighted by Gasteiger charge is 2.32. The second kappa shape index (κ2) is 7.06. The fraction of sp³-hybridized carbons (Fsp3) is 0.667. The third-order valence-corrected chi connectivity index (χ3v) is 4.93. The van der Waals surface area contributed by atoms with Crippen LogP contribution in [0.1, 0.15) is 44.1 Å². The summed E-state index contributed by atoms with van der Waals surface area (Å²) in [5.41, 5.74) is 7.29. The summed E-state index contributed by atoms with van der Waals surface area (Å²) in [4.78, 5) is 12.0. The number of nitrogens with one attached hydrogen (secondary N) is 1.